The molecule has 2 rings (SSSR count). The Hall–Kier alpha value is -1.81. The average Bonchev–Trinajstić information content (AvgIpc) is 2.49. The van der Waals surface area contributed by atoms with E-state index in [2.05, 4.69) is 10.3 Å². The normalized spacial score (nSPS) is 10.5. The summed E-state index contributed by atoms with van der Waals surface area (Å²) >= 11 is 6.21. The van der Waals surface area contributed by atoms with Crippen LogP contribution in [0.3, 0.4) is 0 Å². The maximum Gasteiger partial charge on any atom is 0.146 e. The van der Waals surface area contributed by atoms with Crippen molar-refractivity contribution in [1.29, 1.82) is 0 Å². The van der Waals surface area contributed by atoms with Crippen LogP contribution in [0.1, 0.15) is 19.5 Å². The quantitative estimate of drug-likeness (QED) is 0.861. The maximum atomic E-state index is 13.9. The molecule has 1 heterocycles. The molecule has 1 N–H and O–H groups in total. The monoisotopic (exact) mass is 307 g/mol. The maximum absolute atomic E-state index is 13.9. The van der Waals surface area contributed by atoms with E-state index in [1.54, 1.807) is 12.1 Å². The van der Waals surface area contributed by atoms with Crippen molar-refractivity contribution >= 4 is 23.1 Å². The molecule has 0 aliphatic rings. The minimum atomic E-state index is -0.238. The van der Waals surface area contributed by atoms with E-state index in [1.807, 2.05) is 36.9 Å². The van der Waals surface area contributed by atoms with E-state index in [-0.39, 0.29) is 5.82 Å². The van der Waals surface area contributed by atoms with Gasteiger partial charge in [0.1, 0.15) is 11.6 Å². The molecule has 112 valence electrons. The summed E-state index contributed by atoms with van der Waals surface area (Å²) in [5.74, 6) is 0.541. The Morgan fingerprint density at radius 1 is 1.19 bits per heavy atom. The lowest BCUT2D eigenvalue weighted by atomic mass is 10.2. The minimum Gasteiger partial charge on any atom is -0.370 e. The largest absolute Gasteiger partial charge is 0.370 e. The first-order chi connectivity index (χ1) is 10.2. The first kappa shape index (κ1) is 15.6. The van der Waals surface area contributed by atoms with Crippen LogP contribution in [0.15, 0.2) is 36.4 Å². The fourth-order valence-corrected chi connectivity index (χ4v) is 2.30. The Morgan fingerprint density at radius 3 is 2.62 bits per heavy atom. The second kappa shape index (κ2) is 7.27. The van der Waals surface area contributed by atoms with Gasteiger partial charge in [-0.2, -0.15) is 0 Å². The zero-order chi connectivity index (χ0) is 15.2. The summed E-state index contributed by atoms with van der Waals surface area (Å²) in [6.45, 7) is 5.92. The smallest absolute Gasteiger partial charge is 0.146 e. The molecule has 21 heavy (non-hydrogen) atoms. The number of hydrogen-bond acceptors (Lipinski definition) is 3. The molecule has 0 unspecified atom stereocenters. The summed E-state index contributed by atoms with van der Waals surface area (Å²) in [6.07, 6.45) is 0. The lowest BCUT2D eigenvalue weighted by molar-refractivity contribution is 0.617. The number of benzene rings is 1. The molecule has 2 aromatic rings. The third-order valence-corrected chi connectivity index (χ3v) is 3.54. The summed E-state index contributed by atoms with van der Waals surface area (Å²) in [7, 11) is 0. The molecule has 0 radical (unpaired) electrons. The number of para-hydroxylation sites is 1. The Kier molecular flexibility index (Phi) is 5.39. The van der Waals surface area contributed by atoms with Crippen LogP contribution in [0.25, 0.3) is 0 Å². The average molecular weight is 308 g/mol. The van der Waals surface area contributed by atoms with Crippen LogP contribution >= 0.6 is 11.6 Å². The van der Waals surface area contributed by atoms with Crippen LogP contribution in [-0.2, 0) is 6.54 Å². The standard InChI is InChI=1S/C16H19ClFN3/c1-3-19-16-10-9-12(17)14(20-16)11-21(4-2)15-8-6-5-7-13(15)18/h5-10H,3-4,11H2,1-2H3,(H,19,20). The van der Waals surface area contributed by atoms with E-state index in [9.17, 15) is 4.39 Å². The molecule has 0 aliphatic heterocycles. The van der Waals surface area contributed by atoms with E-state index < -0.39 is 0 Å². The third kappa shape index (κ3) is 3.85. The first-order valence-corrected chi connectivity index (χ1v) is 7.42. The molecule has 0 fully saturated rings. The van der Waals surface area contributed by atoms with Crippen LogP contribution in [0, 0.1) is 5.82 Å². The van der Waals surface area contributed by atoms with Crippen LogP contribution in [0.5, 0.6) is 0 Å². The summed E-state index contributed by atoms with van der Waals surface area (Å²) < 4.78 is 13.9. The highest BCUT2D eigenvalue weighted by Gasteiger charge is 2.13. The number of aromatic nitrogens is 1. The number of rotatable bonds is 6. The molecule has 0 spiro atoms. The zero-order valence-corrected chi connectivity index (χ0v) is 13.0. The predicted molar refractivity (Wildman–Crippen MR) is 86.5 cm³/mol. The molecule has 3 nitrogen and oxygen atoms in total. The van der Waals surface area contributed by atoms with Crippen molar-refractivity contribution in [2.45, 2.75) is 20.4 Å². The van der Waals surface area contributed by atoms with Crippen LogP contribution in [-0.4, -0.2) is 18.1 Å². The van der Waals surface area contributed by atoms with Crippen molar-refractivity contribution in [3.63, 3.8) is 0 Å². The van der Waals surface area contributed by atoms with E-state index in [0.717, 1.165) is 18.1 Å². The predicted octanol–water partition coefficient (Wildman–Crippen LogP) is 4.33. The molecule has 1 aromatic carbocycles. The highest BCUT2D eigenvalue weighted by molar-refractivity contribution is 6.31. The Balaban J connectivity index is 2.26. The SMILES string of the molecule is CCNc1ccc(Cl)c(CN(CC)c2ccccc2F)n1. The van der Waals surface area contributed by atoms with Crippen LogP contribution in [0.2, 0.25) is 5.02 Å². The Bertz CT molecular complexity index is 604. The molecule has 0 saturated heterocycles. The van der Waals surface area contributed by atoms with Gasteiger partial charge in [0.2, 0.25) is 0 Å². The fraction of sp³-hybridized carbons (Fsp3) is 0.312. The third-order valence-electron chi connectivity index (χ3n) is 3.19. The van der Waals surface area contributed by atoms with Gasteiger partial charge in [0.25, 0.3) is 0 Å². The van der Waals surface area contributed by atoms with Crippen molar-refractivity contribution in [3.05, 3.63) is 52.9 Å². The number of anilines is 2. The van der Waals surface area contributed by atoms with E-state index in [4.69, 9.17) is 11.6 Å². The van der Waals surface area contributed by atoms with Crippen molar-refractivity contribution in [1.82, 2.24) is 4.98 Å². The number of halogens is 2. The number of nitrogens with zero attached hydrogens (tertiary/aromatic N) is 2. The van der Waals surface area contributed by atoms with Gasteiger partial charge in [0.05, 0.1) is 22.9 Å². The summed E-state index contributed by atoms with van der Waals surface area (Å²) in [5, 5.41) is 3.74. The van der Waals surface area contributed by atoms with Crippen LogP contribution < -0.4 is 10.2 Å². The van der Waals surface area contributed by atoms with Gasteiger partial charge in [-0.1, -0.05) is 23.7 Å². The molecule has 5 heteroatoms. The highest BCUT2D eigenvalue weighted by Crippen LogP contribution is 2.24. The summed E-state index contributed by atoms with van der Waals surface area (Å²) in [4.78, 5) is 6.41. The second-order valence-corrected chi connectivity index (χ2v) is 5.03. The second-order valence-electron chi connectivity index (χ2n) is 4.62. The van der Waals surface area contributed by atoms with E-state index >= 15 is 0 Å². The Labute approximate surface area is 129 Å². The van der Waals surface area contributed by atoms with Gasteiger partial charge in [0.15, 0.2) is 0 Å². The highest BCUT2D eigenvalue weighted by atomic mass is 35.5. The molecule has 0 bridgehead atoms. The zero-order valence-electron chi connectivity index (χ0n) is 12.2. The summed E-state index contributed by atoms with van der Waals surface area (Å²) in [5.41, 5.74) is 1.30. The van der Waals surface area contributed by atoms with Gasteiger partial charge in [-0.3, -0.25) is 0 Å². The van der Waals surface area contributed by atoms with Crippen molar-refractivity contribution in [3.8, 4) is 0 Å². The van der Waals surface area contributed by atoms with Crippen molar-refractivity contribution in [2.24, 2.45) is 0 Å². The topological polar surface area (TPSA) is 28.2 Å². The van der Waals surface area contributed by atoms with Crippen molar-refractivity contribution in [2.75, 3.05) is 23.3 Å². The number of hydrogen-bond donors (Lipinski definition) is 1. The number of nitrogens with one attached hydrogen (secondary N) is 1. The lowest BCUT2D eigenvalue weighted by Gasteiger charge is -2.24. The molecule has 0 atom stereocenters. The van der Waals surface area contributed by atoms with Gasteiger partial charge >= 0.3 is 0 Å². The molecule has 0 saturated carbocycles. The van der Waals surface area contributed by atoms with Gasteiger partial charge in [-0.05, 0) is 38.1 Å². The molecule has 0 aliphatic carbocycles. The van der Waals surface area contributed by atoms with Gasteiger partial charge in [-0.25, -0.2) is 9.37 Å². The first-order valence-electron chi connectivity index (χ1n) is 7.04. The van der Waals surface area contributed by atoms with E-state index in [1.165, 1.54) is 6.07 Å². The summed E-state index contributed by atoms with van der Waals surface area (Å²) in [6, 6.07) is 10.4. The van der Waals surface area contributed by atoms with Crippen molar-refractivity contribution < 1.29 is 4.39 Å². The fourth-order valence-electron chi connectivity index (χ4n) is 2.13. The van der Waals surface area contributed by atoms with Crippen LogP contribution in [0.4, 0.5) is 15.9 Å². The Morgan fingerprint density at radius 2 is 1.95 bits per heavy atom. The van der Waals surface area contributed by atoms with Gasteiger partial charge in [-0.15, -0.1) is 0 Å². The van der Waals surface area contributed by atoms with E-state index in [0.29, 0.717) is 23.8 Å². The molecule has 1 aromatic heterocycles. The molecular weight excluding hydrogens is 289 g/mol. The van der Waals surface area contributed by atoms with Gasteiger partial charge < -0.3 is 10.2 Å². The van der Waals surface area contributed by atoms with Gasteiger partial charge in [0, 0.05) is 13.1 Å². The lowest BCUT2D eigenvalue weighted by Crippen LogP contribution is -2.24. The molecule has 0 amide bonds. The minimum absolute atomic E-state index is 0.238. The molecular formula is C16H19ClFN3. The number of pyridine rings is 1.